The maximum atomic E-state index is 12.5. The van der Waals surface area contributed by atoms with Gasteiger partial charge in [-0.05, 0) is 36.8 Å². The topological polar surface area (TPSA) is 84.2 Å². The maximum Gasteiger partial charge on any atom is 0.319 e. The Morgan fingerprint density at radius 2 is 1.91 bits per heavy atom. The highest BCUT2D eigenvalue weighted by molar-refractivity contribution is 7.15. The number of carbonyl (C=O) groups excluding carboxylic acids is 1. The molecule has 34 heavy (non-hydrogen) atoms. The number of thiophene rings is 1. The van der Waals surface area contributed by atoms with Gasteiger partial charge in [0.05, 0.1) is 23.0 Å². The first kappa shape index (κ1) is 22.6. The minimum Gasteiger partial charge on any atom is -0.331 e. The van der Waals surface area contributed by atoms with Crippen LogP contribution in [0.25, 0.3) is 5.00 Å². The van der Waals surface area contributed by atoms with Crippen LogP contribution in [0.3, 0.4) is 0 Å². The summed E-state index contributed by atoms with van der Waals surface area (Å²) in [6.45, 7) is 2.69. The standard InChI is InChI=1S/C24H20Cl2N6OS/c1-2-16-11-17-22(14-7-9-15(25)10-8-14)27-12-20-30-31-21(32(20)23(17)34-16)13-28-24(33)29-19-6-4-3-5-18(19)26/h3-11H,2,12-13H2,1H3,(H2,28,29,33). The van der Waals surface area contributed by atoms with Crippen molar-refractivity contribution in [1.82, 2.24) is 20.1 Å². The lowest BCUT2D eigenvalue weighted by Gasteiger charge is -2.11. The molecule has 0 unspecified atom stereocenters. The van der Waals surface area contributed by atoms with E-state index in [1.807, 2.05) is 34.9 Å². The maximum absolute atomic E-state index is 12.5. The third kappa shape index (κ3) is 4.44. The van der Waals surface area contributed by atoms with Crippen LogP contribution < -0.4 is 10.6 Å². The molecular formula is C24H20Cl2N6OS. The normalized spacial score (nSPS) is 12.4. The predicted molar refractivity (Wildman–Crippen MR) is 137 cm³/mol. The molecule has 2 amide bonds. The van der Waals surface area contributed by atoms with Gasteiger partial charge in [0.25, 0.3) is 0 Å². The predicted octanol–water partition coefficient (Wildman–Crippen LogP) is 5.87. The van der Waals surface area contributed by atoms with Crippen LogP contribution in [0.1, 0.15) is 34.6 Å². The van der Waals surface area contributed by atoms with E-state index in [2.05, 4.69) is 33.8 Å². The van der Waals surface area contributed by atoms with Crippen LogP contribution in [0, 0.1) is 0 Å². The van der Waals surface area contributed by atoms with Crippen LogP contribution in [-0.2, 0) is 19.5 Å². The summed E-state index contributed by atoms with van der Waals surface area (Å²) >= 11 is 13.9. The van der Waals surface area contributed by atoms with Gasteiger partial charge in [0, 0.05) is 21.0 Å². The number of halogens is 2. The number of aliphatic imine (C=N–C) groups is 1. The van der Waals surface area contributed by atoms with E-state index in [1.54, 1.807) is 29.5 Å². The van der Waals surface area contributed by atoms with Crippen LogP contribution in [0.4, 0.5) is 10.5 Å². The molecule has 10 heteroatoms. The summed E-state index contributed by atoms with van der Waals surface area (Å²) in [5.41, 5.74) is 3.44. The smallest absolute Gasteiger partial charge is 0.319 e. The summed E-state index contributed by atoms with van der Waals surface area (Å²) in [4.78, 5) is 18.6. The number of aryl methyl sites for hydroxylation is 1. The molecule has 0 bridgehead atoms. The molecule has 2 aromatic carbocycles. The molecule has 0 fully saturated rings. The Hall–Kier alpha value is -3.20. The van der Waals surface area contributed by atoms with E-state index in [9.17, 15) is 4.79 Å². The van der Waals surface area contributed by atoms with Crippen molar-refractivity contribution in [2.75, 3.05) is 5.32 Å². The van der Waals surface area contributed by atoms with Gasteiger partial charge in [-0.3, -0.25) is 9.56 Å². The van der Waals surface area contributed by atoms with Crippen molar-refractivity contribution in [1.29, 1.82) is 0 Å². The number of nitrogens with zero attached hydrogens (tertiary/aromatic N) is 4. The van der Waals surface area contributed by atoms with Gasteiger partial charge < -0.3 is 10.6 Å². The van der Waals surface area contributed by atoms with E-state index in [0.29, 0.717) is 28.1 Å². The Bertz CT molecular complexity index is 1390. The summed E-state index contributed by atoms with van der Waals surface area (Å²) in [5, 5.41) is 16.5. The molecule has 2 N–H and O–H groups in total. The number of anilines is 1. The Kier molecular flexibility index (Phi) is 6.36. The number of carbonyl (C=O) groups is 1. The monoisotopic (exact) mass is 510 g/mol. The number of rotatable bonds is 5. The van der Waals surface area contributed by atoms with Gasteiger partial charge in [-0.1, -0.05) is 54.4 Å². The fourth-order valence-corrected chi connectivity index (χ4v) is 5.17. The number of hydrogen-bond donors (Lipinski definition) is 2. The Labute approximate surface area is 210 Å². The molecule has 0 aliphatic carbocycles. The number of nitrogens with one attached hydrogen (secondary N) is 2. The third-order valence-corrected chi connectivity index (χ3v) is 7.24. The quantitative estimate of drug-likeness (QED) is 0.352. The summed E-state index contributed by atoms with van der Waals surface area (Å²) in [6.07, 6.45) is 0.900. The first-order valence-corrected chi connectivity index (χ1v) is 12.3. The molecule has 3 heterocycles. The minimum absolute atomic E-state index is 0.193. The summed E-state index contributed by atoms with van der Waals surface area (Å²) in [6, 6.07) is 16.5. The van der Waals surface area contributed by atoms with Crippen LogP contribution in [0.15, 0.2) is 59.6 Å². The van der Waals surface area contributed by atoms with E-state index in [1.165, 1.54) is 4.88 Å². The molecule has 0 saturated heterocycles. The van der Waals surface area contributed by atoms with Crippen molar-refractivity contribution in [2.45, 2.75) is 26.4 Å². The van der Waals surface area contributed by atoms with Gasteiger partial charge >= 0.3 is 6.03 Å². The highest BCUT2D eigenvalue weighted by Crippen LogP contribution is 2.33. The van der Waals surface area contributed by atoms with Crippen molar-refractivity contribution in [2.24, 2.45) is 4.99 Å². The van der Waals surface area contributed by atoms with Gasteiger partial charge in [-0.25, -0.2) is 4.79 Å². The number of fused-ring (bicyclic) bond motifs is 3. The van der Waals surface area contributed by atoms with E-state index >= 15 is 0 Å². The van der Waals surface area contributed by atoms with Gasteiger partial charge in [-0.15, -0.1) is 21.5 Å². The number of hydrogen-bond acceptors (Lipinski definition) is 5. The van der Waals surface area contributed by atoms with Gasteiger partial charge in [0.2, 0.25) is 0 Å². The summed E-state index contributed by atoms with van der Waals surface area (Å²) < 4.78 is 2.00. The van der Waals surface area contributed by atoms with Crippen molar-refractivity contribution in [3.05, 3.63) is 92.3 Å². The molecule has 0 atom stereocenters. The Balaban J connectivity index is 1.44. The molecule has 0 radical (unpaired) electrons. The van der Waals surface area contributed by atoms with E-state index in [-0.39, 0.29) is 12.6 Å². The number of urea groups is 1. The molecule has 172 valence electrons. The zero-order valence-corrected chi connectivity index (χ0v) is 20.5. The van der Waals surface area contributed by atoms with Crippen LogP contribution in [0.5, 0.6) is 0 Å². The Morgan fingerprint density at radius 1 is 1.12 bits per heavy atom. The molecule has 0 saturated carbocycles. The largest absolute Gasteiger partial charge is 0.331 e. The van der Waals surface area contributed by atoms with E-state index in [0.717, 1.165) is 34.1 Å². The van der Waals surface area contributed by atoms with E-state index in [4.69, 9.17) is 28.2 Å². The zero-order valence-electron chi connectivity index (χ0n) is 18.2. The van der Waals surface area contributed by atoms with Crippen LogP contribution in [-0.4, -0.2) is 26.5 Å². The first-order chi connectivity index (χ1) is 16.5. The molecule has 5 rings (SSSR count). The summed E-state index contributed by atoms with van der Waals surface area (Å²) in [7, 11) is 0. The number of para-hydroxylation sites is 1. The molecule has 2 aromatic heterocycles. The van der Waals surface area contributed by atoms with E-state index < -0.39 is 0 Å². The van der Waals surface area contributed by atoms with Gasteiger partial charge in [0.1, 0.15) is 11.5 Å². The highest BCUT2D eigenvalue weighted by Gasteiger charge is 2.25. The SMILES string of the molecule is CCc1cc2c(s1)-n1c(nnc1CNC(=O)Nc1ccccc1Cl)CN=C2c1ccc(Cl)cc1. The van der Waals surface area contributed by atoms with Crippen LogP contribution in [0.2, 0.25) is 10.0 Å². The molecule has 1 aliphatic rings. The number of amides is 2. The molecule has 1 aliphatic heterocycles. The lowest BCUT2D eigenvalue weighted by molar-refractivity contribution is 0.251. The minimum atomic E-state index is -0.377. The highest BCUT2D eigenvalue weighted by atomic mass is 35.5. The lowest BCUT2D eigenvalue weighted by Crippen LogP contribution is -2.29. The molecular weight excluding hydrogens is 491 g/mol. The van der Waals surface area contributed by atoms with Crippen LogP contribution >= 0.6 is 34.5 Å². The average Bonchev–Trinajstić information content (AvgIpc) is 3.41. The fourth-order valence-electron chi connectivity index (χ4n) is 3.72. The fraction of sp³-hybridized carbons (Fsp3) is 0.167. The van der Waals surface area contributed by atoms with Gasteiger partial charge in [0.15, 0.2) is 11.6 Å². The third-order valence-electron chi connectivity index (χ3n) is 5.39. The van der Waals surface area contributed by atoms with Gasteiger partial charge in [-0.2, -0.15) is 0 Å². The Morgan fingerprint density at radius 3 is 2.68 bits per heavy atom. The second kappa shape index (κ2) is 9.58. The summed E-state index contributed by atoms with van der Waals surface area (Å²) in [5.74, 6) is 1.35. The lowest BCUT2D eigenvalue weighted by atomic mass is 10.0. The number of aromatic nitrogens is 3. The second-order valence-corrected chi connectivity index (χ2v) is 9.57. The van der Waals surface area contributed by atoms with Crippen molar-refractivity contribution >= 4 is 52.0 Å². The molecule has 4 aromatic rings. The zero-order chi connectivity index (χ0) is 23.7. The molecule has 7 nitrogen and oxygen atoms in total. The van der Waals surface area contributed by atoms with Crippen molar-refractivity contribution in [3.63, 3.8) is 0 Å². The second-order valence-electron chi connectivity index (χ2n) is 7.61. The first-order valence-electron chi connectivity index (χ1n) is 10.7. The number of benzene rings is 2. The molecule has 0 spiro atoms. The van der Waals surface area contributed by atoms with Crippen molar-refractivity contribution < 1.29 is 4.79 Å². The average molecular weight is 511 g/mol. The van der Waals surface area contributed by atoms with Crippen molar-refractivity contribution in [3.8, 4) is 5.00 Å².